The van der Waals surface area contributed by atoms with Crippen molar-refractivity contribution in [2.24, 2.45) is 21.7 Å². The molecule has 3 N–H and O–H groups in total. The molecule has 2 aliphatic heterocycles. The van der Waals surface area contributed by atoms with E-state index in [1.165, 1.54) is 12.8 Å². The number of nitrogens with one attached hydrogen (secondary N) is 1. The molecule has 1 aromatic rings. The van der Waals surface area contributed by atoms with Crippen LogP contribution in [0.25, 0.3) is 0 Å². The molecule has 1 atom stereocenters. The van der Waals surface area contributed by atoms with Gasteiger partial charge in [-0.2, -0.15) is 5.10 Å². The molecule has 1 aliphatic carbocycles. The van der Waals surface area contributed by atoms with Gasteiger partial charge in [-0.3, -0.25) is 4.99 Å². The summed E-state index contributed by atoms with van der Waals surface area (Å²) in [5.74, 6) is 2.43. The summed E-state index contributed by atoms with van der Waals surface area (Å²) >= 11 is 6.17. The molecular formula is C21H28ClN5. The summed E-state index contributed by atoms with van der Waals surface area (Å²) in [5.41, 5.74) is 7.35. The van der Waals surface area contributed by atoms with Crippen LogP contribution in [0.5, 0.6) is 0 Å². The summed E-state index contributed by atoms with van der Waals surface area (Å²) in [7, 11) is 0. The van der Waals surface area contributed by atoms with E-state index in [0.29, 0.717) is 18.5 Å². The molecule has 0 bridgehead atoms. The molecule has 6 heteroatoms. The summed E-state index contributed by atoms with van der Waals surface area (Å²) in [6.45, 7) is 4.99. The van der Waals surface area contributed by atoms with Gasteiger partial charge in [0.2, 0.25) is 0 Å². The zero-order valence-corrected chi connectivity index (χ0v) is 16.8. The van der Waals surface area contributed by atoms with Crippen molar-refractivity contribution < 1.29 is 0 Å². The zero-order chi connectivity index (χ0) is 19.0. The van der Waals surface area contributed by atoms with Crippen molar-refractivity contribution in [2.45, 2.75) is 57.2 Å². The minimum absolute atomic E-state index is 0.0850. The van der Waals surface area contributed by atoms with E-state index in [0.717, 1.165) is 35.1 Å². The molecule has 2 heterocycles. The molecule has 0 radical (unpaired) electrons. The maximum absolute atomic E-state index is 6.29. The Balaban J connectivity index is 1.42. The Morgan fingerprint density at radius 1 is 1.19 bits per heavy atom. The lowest BCUT2D eigenvalue weighted by Crippen LogP contribution is -2.46. The summed E-state index contributed by atoms with van der Waals surface area (Å²) in [6.07, 6.45) is 8.69. The second-order valence-electron chi connectivity index (χ2n) is 8.45. The molecule has 0 saturated heterocycles. The number of nitrogens with zero attached hydrogens (tertiary/aromatic N) is 3. The van der Waals surface area contributed by atoms with Gasteiger partial charge < -0.3 is 11.1 Å². The number of benzene rings is 1. The van der Waals surface area contributed by atoms with Crippen LogP contribution in [-0.2, 0) is 0 Å². The molecule has 144 valence electrons. The van der Waals surface area contributed by atoms with Crippen LogP contribution in [0, 0.1) is 5.92 Å². The Labute approximate surface area is 166 Å². The number of hydrogen-bond acceptors (Lipinski definition) is 5. The molecule has 0 aromatic heterocycles. The quantitative estimate of drug-likeness (QED) is 0.830. The molecule has 5 nitrogen and oxygen atoms in total. The Hall–Kier alpha value is -1.85. The van der Waals surface area contributed by atoms with Crippen molar-refractivity contribution in [3.63, 3.8) is 0 Å². The van der Waals surface area contributed by atoms with Crippen LogP contribution in [-0.4, -0.2) is 34.8 Å². The van der Waals surface area contributed by atoms with Crippen LogP contribution in [0.3, 0.4) is 0 Å². The highest BCUT2D eigenvalue weighted by molar-refractivity contribution is 6.30. The van der Waals surface area contributed by atoms with Gasteiger partial charge >= 0.3 is 0 Å². The number of amidine groups is 2. The highest BCUT2D eigenvalue weighted by Gasteiger charge is 2.32. The molecule has 27 heavy (non-hydrogen) atoms. The first kappa shape index (κ1) is 18.5. The van der Waals surface area contributed by atoms with Gasteiger partial charge in [-0.25, -0.2) is 5.01 Å². The van der Waals surface area contributed by atoms with Crippen molar-refractivity contribution in [3.8, 4) is 0 Å². The van der Waals surface area contributed by atoms with Crippen LogP contribution in [0.4, 0.5) is 0 Å². The van der Waals surface area contributed by atoms with Crippen molar-refractivity contribution in [2.75, 3.05) is 6.54 Å². The van der Waals surface area contributed by atoms with Crippen LogP contribution in [0.1, 0.15) is 51.1 Å². The smallest absolute Gasteiger partial charge is 0.146 e. The summed E-state index contributed by atoms with van der Waals surface area (Å²) in [6, 6.07) is 8.53. The van der Waals surface area contributed by atoms with Gasteiger partial charge in [-0.1, -0.05) is 23.7 Å². The predicted octanol–water partition coefficient (Wildman–Crippen LogP) is 3.86. The second-order valence-corrected chi connectivity index (χ2v) is 8.88. The van der Waals surface area contributed by atoms with E-state index in [9.17, 15) is 0 Å². The molecule has 4 rings (SSSR count). The third-order valence-electron chi connectivity index (χ3n) is 5.93. The first-order valence-electron chi connectivity index (χ1n) is 9.81. The van der Waals surface area contributed by atoms with E-state index in [1.807, 2.05) is 29.3 Å². The zero-order valence-electron chi connectivity index (χ0n) is 16.0. The molecule has 0 amide bonds. The van der Waals surface area contributed by atoms with E-state index in [1.54, 1.807) is 0 Å². The fourth-order valence-corrected chi connectivity index (χ4v) is 4.47. The lowest BCUT2D eigenvalue weighted by molar-refractivity contribution is 0.218. The van der Waals surface area contributed by atoms with Gasteiger partial charge in [0.15, 0.2) is 0 Å². The Bertz CT molecular complexity index is 784. The van der Waals surface area contributed by atoms with Crippen molar-refractivity contribution in [1.29, 1.82) is 0 Å². The molecular weight excluding hydrogens is 358 g/mol. The lowest BCUT2D eigenvalue weighted by Gasteiger charge is -2.37. The third-order valence-corrected chi connectivity index (χ3v) is 6.16. The largest absolute Gasteiger partial charge is 0.366 e. The van der Waals surface area contributed by atoms with Crippen LogP contribution >= 0.6 is 11.6 Å². The van der Waals surface area contributed by atoms with E-state index in [2.05, 4.69) is 36.3 Å². The van der Waals surface area contributed by atoms with Gasteiger partial charge in [0, 0.05) is 16.6 Å². The monoisotopic (exact) mass is 385 g/mol. The fraction of sp³-hybridized carbons (Fsp3) is 0.524. The third kappa shape index (κ3) is 4.04. The maximum Gasteiger partial charge on any atom is 0.146 e. The molecule has 1 aromatic carbocycles. The molecule has 3 aliphatic rings. The normalized spacial score (nSPS) is 27.9. The van der Waals surface area contributed by atoms with Crippen molar-refractivity contribution in [1.82, 2.24) is 10.3 Å². The fourth-order valence-electron chi connectivity index (χ4n) is 4.27. The number of aliphatic imine (C=N–C) groups is 1. The van der Waals surface area contributed by atoms with Gasteiger partial charge in [0.1, 0.15) is 11.7 Å². The maximum atomic E-state index is 6.29. The highest BCUT2D eigenvalue weighted by atomic mass is 35.5. The average Bonchev–Trinajstić information content (AvgIpc) is 3.05. The van der Waals surface area contributed by atoms with E-state index >= 15 is 0 Å². The minimum Gasteiger partial charge on any atom is -0.366 e. The molecule has 1 unspecified atom stereocenters. The standard InChI is InChI=1S/C21H28ClN5/c1-21(2,23)15-6-8-17(9-7-15)25-19-10-11-20-24-13-18(27(20)26-19)14-4-3-5-16(22)12-14/h3-5,10-12,15,17-18H,6-9,13,23H2,1-2H3,(H,25,26)/t15-,17-,18?. The number of hydrazone groups is 1. The van der Waals surface area contributed by atoms with E-state index < -0.39 is 0 Å². The Kier molecular flexibility index (Phi) is 4.99. The SMILES string of the molecule is CC(C)(N)[C@H]1CC[C@H](NC2=NN3C(=NCC3c3cccc(Cl)c3)C=C2)CC1. The van der Waals surface area contributed by atoms with Gasteiger partial charge in [-0.15, -0.1) is 0 Å². The number of hydrogen-bond donors (Lipinski definition) is 2. The minimum atomic E-state index is -0.0850. The summed E-state index contributed by atoms with van der Waals surface area (Å²) < 4.78 is 0. The number of halogens is 1. The van der Waals surface area contributed by atoms with E-state index in [4.69, 9.17) is 22.4 Å². The predicted molar refractivity (Wildman–Crippen MR) is 112 cm³/mol. The second kappa shape index (κ2) is 7.28. The molecule has 0 spiro atoms. The lowest BCUT2D eigenvalue weighted by atomic mass is 9.76. The summed E-state index contributed by atoms with van der Waals surface area (Å²) in [4.78, 5) is 4.63. The Morgan fingerprint density at radius 2 is 1.96 bits per heavy atom. The molecule has 1 saturated carbocycles. The number of rotatable bonds is 3. The average molecular weight is 386 g/mol. The van der Waals surface area contributed by atoms with Gasteiger partial charge in [0.05, 0.1) is 12.6 Å². The van der Waals surface area contributed by atoms with Crippen LogP contribution in [0.15, 0.2) is 46.5 Å². The van der Waals surface area contributed by atoms with Crippen LogP contribution < -0.4 is 11.1 Å². The van der Waals surface area contributed by atoms with Crippen LogP contribution in [0.2, 0.25) is 5.02 Å². The molecule has 1 fully saturated rings. The van der Waals surface area contributed by atoms with Crippen molar-refractivity contribution in [3.05, 3.63) is 47.0 Å². The number of fused-ring (bicyclic) bond motifs is 1. The first-order valence-corrected chi connectivity index (χ1v) is 10.2. The van der Waals surface area contributed by atoms with Gasteiger partial charge in [-0.05, 0) is 75.3 Å². The van der Waals surface area contributed by atoms with Gasteiger partial charge in [0.25, 0.3) is 0 Å². The summed E-state index contributed by atoms with van der Waals surface area (Å²) in [5, 5.41) is 11.2. The topological polar surface area (TPSA) is 66.0 Å². The first-order chi connectivity index (χ1) is 12.9. The van der Waals surface area contributed by atoms with E-state index in [-0.39, 0.29) is 11.6 Å². The van der Waals surface area contributed by atoms with Crippen molar-refractivity contribution >= 4 is 23.3 Å². The number of nitrogens with two attached hydrogens (primary N) is 1. The highest BCUT2D eigenvalue weighted by Crippen LogP contribution is 2.32. The Morgan fingerprint density at radius 3 is 2.67 bits per heavy atom.